The number of aromatic nitrogens is 2. The van der Waals surface area contributed by atoms with Crippen molar-refractivity contribution in [2.45, 2.75) is 6.04 Å². The summed E-state index contributed by atoms with van der Waals surface area (Å²) in [7, 11) is 0. The fraction of sp³-hybridized carbons (Fsp3) is 0.111. The number of nitrogens with two attached hydrogens (primary N) is 1. The minimum absolute atomic E-state index is 0.172. The lowest BCUT2D eigenvalue weighted by Crippen LogP contribution is -2.30. The van der Waals surface area contributed by atoms with Gasteiger partial charge in [-0.1, -0.05) is 30.3 Å². The van der Waals surface area contributed by atoms with E-state index in [1.807, 2.05) is 48.7 Å². The number of carbonyl (C=O) groups excluding carboxylic acids is 1. The number of aromatic amines is 1. The molecule has 0 aliphatic heterocycles. The smallest absolute Gasteiger partial charge is 0.244 e. The van der Waals surface area contributed by atoms with E-state index in [-0.39, 0.29) is 11.9 Å². The molecule has 1 atom stereocenters. The summed E-state index contributed by atoms with van der Waals surface area (Å²) >= 11 is 0. The number of nitrogens with one attached hydrogen (secondary N) is 2. The third-order valence-corrected chi connectivity index (χ3v) is 3.62. The van der Waals surface area contributed by atoms with Gasteiger partial charge in [-0.2, -0.15) is 0 Å². The second-order valence-electron chi connectivity index (χ2n) is 5.24. The third kappa shape index (κ3) is 3.64. The Morgan fingerprint density at radius 1 is 1.26 bits per heavy atom. The predicted octanol–water partition coefficient (Wildman–Crippen LogP) is 2.39. The molecule has 2 heterocycles. The number of pyridine rings is 1. The van der Waals surface area contributed by atoms with Gasteiger partial charge < -0.3 is 16.0 Å². The highest BCUT2D eigenvalue weighted by atomic mass is 16.1. The number of H-pyrrole nitrogens is 1. The van der Waals surface area contributed by atoms with Gasteiger partial charge in [-0.15, -0.1) is 0 Å². The molecule has 4 N–H and O–H groups in total. The summed E-state index contributed by atoms with van der Waals surface area (Å²) in [4.78, 5) is 19.2. The number of fused-ring (bicyclic) bond motifs is 1. The Balaban J connectivity index is 1.59. The lowest BCUT2D eigenvalue weighted by atomic mass is 10.1. The van der Waals surface area contributed by atoms with E-state index in [1.165, 1.54) is 6.08 Å². The second kappa shape index (κ2) is 6.89. The number of nitrogens with zero attached hydrogens (tertiary/aromatic N) is 1. The quantitative estimate of drug-likeness (QED) is 0.633. The zero-order valence-corrected chi connectivity index (χ0v) is 12.6. The van der Waals surface area contributed by atoms with Crippen molar-refractivity contribution >= 4 is 23.0 Å². The number of hydrogen-bond acceptors (Lipinski definition) is 3. The summed E-state index contributed by atoms with van der Waals surface area (Å²) in [6.07, 6.45) is 6.83. The molecular weight excluding hydrogens is 288 g/mol. The van der Waals surface area contributed by atoms with Crippen LogP contribution in [-0.4, -0.2) is 22.4 Å². The number of benzene rings is 1. The molecule has 1 amide bonds. The topological polar surface area (TPSA) is 83.8 Å². The average Bonchev–Trinajstić information content (AvgIpc) is 3.02. The molecule has 0 aliphatic carbocycles. The molecular formula is C18H18N4O. The third-order valence-electron chi connectivity index (χ3n) is 3.62. The van der Waals surface area contributed by atoms with Gasteiger partial charge in [0.2, 0.25) is 5.91 Å². The average molecular weight is 306 g/mol. The molecule has 116 valence electrons. The summed E-state index contributed by atoms with van der Waals surface area (Å²) in [6.45, 7) is 0.391. The molecule has 5 heteroatoms. The summed E-state index contributed by atoms with van der Waals surface area (Å²) in [5.41, 5.74) is 8.79. The molecule has 3 aromatic rings. The van der Waals surface area contributed by atoms with Crippen molar-refractivity contribution in [2.75, 3.05) is 6.54 Å². The first-order chi connectivity index (χ1) is 11.2. The van der Waals surface area contributed by atoms with Gasteiger partial charge in [0.1, 0.15) is 5.65 Å². The van der Waals surface area contributed by atoms with Crippen LogP contribution >= 0.6 is 0 Å². The highest BCUT2D eigenvalue weighted by Gasteiger charge is 2.06. The Morgan fingerprint density at radius 2 is 2.09 bits per heavy atom. The van der Waals surface area contributed by atoms with Crippen molar-refractivity contribution < 1.29 is 4.79 Å². The van der Waals surface area contributed by atoms with Gasteiger partial charge in [-0.25, -0.2) is 4.98 Å². The molecule has 23 heavy (non-hydrogen) atoms. The molecule has 0 saturated carbocycles. The zero-order valence-electron chi connectivity index (χ0n) is 12.6. The number of carbonyl (C=O) groups is 1. The molecule has 0 spiro atoms. The van der Waals surface area contributed by atoms with Crippen molar-refractivity contribution in [2.24, 2.45) is 5.73 Å². The van der Waals surface area contributed by atoms with Gasteiger partial charge in [0, 0.05) is 42.0 Å². The van der Waals surface area contributed by atoms with Crippen LogP contribution in [0.3, 0.4) is 0 Å². The van der Waals surface area contributed by atoms with Gasteiger partial charge >= 0.3 is 0 Å². The van der Waals surface area contributed by atoms with Crippen LogP contribution in [-0.2, 0) is 4.79 Å². The van der Waals surface area contributed by atoms with Crippen LogP contribution in [0.15, 0.2) is 60.9 Å². The normalized spacial score (nSPS) is 12.6. The standard InChI is InChI=1S/C18H18N4O/c19-16(13-5-2-1-3-6-13)12-21-17(23)9-8-14-11-22-18-15(14)7-4-10-20-18/h1-11,16H,12,19H2,(H,20,22)(H,21,23)/b9-8+/t16-/m0/s1. The molecule has 0 saturated heterocycles. The lowest BCUT2D eigenvalue weighted by Gasteiger charge is -2.11. The molecule has 0 bridgehead atoms. The van der Waals surface area contributed by atoms with E-state index in [4.69, 9.17) is 5.73 Å². The van der Waals surface area contributed by atoms with Crippen LogP contribution in [0.2, 0.25) is 0 Å². The first-order valence-electron chi connectivity index (χ1n) is 7.42. The van der Waals surface area contributed by atoms with E-state index in [0.29, 0.717) is 6.54 Å². The van der Waals surface area contributed by atoms with Crippen molar-refractivity contribution in [3.63, 3.8) is 0 Å². The molecule has 0 unspecified atom stereocenters. The maximum Gasteiger partial charge on any atom is 0.244 e. The fourth-order valence-corrected chi connectivity index (χ4v) is 2.37. The van der Waals surface area contributed by atoms with Crippen LogP contribution in [0.25, 0.3) is 17.1 Å². The summed E-state index contributed by atoms with van der Waals surface area (Å²) < 4.78 is 0. The Bertz CT molecular complexity index is 823. The molecule has 0 radical (unpaired) electrons. The SMILES string of the molecule is N[C@@H](CNC(=O)/C=C/c1c[nH]c2ncccc12)c1ccccc1. The molecule has 2 aromatic heterocycles. The van der Waals surface area contributed by atoms with Gasteiger partial charge in [0.05, 0.1) is 0 Å². The Hall–Kier alpha value is -2.92. The zero-order chi connectivity index (χ0) is 16.1. The van der Waals surface area contributed by atoms with Crippen LogP contribution < -0.4 is 11.1 Å². The minimum Gasteiger partial charge on any atom is -0.351 e. The monoisotopic (exact) mass is 306 g/mol. The molecule has 5 nitrogen and oxygen atoms in total. The van der Waals surface area contributed by atoms with Crippen LogP contribution in [0.4, 0.5) is 0 Å². The maximum atomic E-state index is 11.9. The van der Waals surface area contributed by atoms with Gasteiger partial charge in [-0.05, 0) is 23.8 Å². The van der Waals surface area contributed by atoms with E-state index >= 15 is 0 Å². The number of hydrogen-bond donors (Lipinski definition) is 3. The van der Waals surface area contributed by atoms with Crippen LogP contribution in [0, 0.1) is 0 Å². The molecule has 0 aliphatic rings. The van der Waals surface area contributed by atoms with E-state index in [9.17, 15) is 4.79 Å². The van der Waals surface area contributed by atoms with Crippen molar-refractivity contribution in [1.29, 1.82) is 0 Å². The van der Waals surface area contributed by atoms with Crippen molar-refractivity contribution in [3.8, 4) is 0 Å². The summed E-state index contributed by atoms with van der Waals surface area (Å²) in [5.74, 6) is -0.172. The predicted molar refractivity (Wildman–Crippen MR) is 91.5 cm³/mol. The van der Waals surface area contributed by atoms with Crippen molar-refractivity contribution in [1.82, 2.24) is 15.3 Å². The van der Waals surface area contributed by atoms with Crippen LogP contribution in [0.1, 0.15) is 17.2 Å². The van der Waals surface area contributed by atoms with E-state index in [0.717, 1.165) is 22.2 Å². The van der Waals surface area contributed by atoms with E-state index in [2.05, 4.69) is 15.3 Å². The van der Waals surface area contributed by atoms with Crippen LogP contribution in [0.5, 0.6) is 0 Å². The van der Waals surface area contributed by atoms with Gasteiger partial charge in [0.25, 0.3) is 0 Å². The first kappa shape index (κ1) is 15.0. The Morgan fingerprint density at radius 3 is 2.91 bits per heavy atom. The second-order valence-corrected chi connectivity index (χ2v) is 5.24. The highest BCUT2D eigenvalue weighted by Crippen LogP contribution is 2.16. The fourth-order valence-electron chi connectivity index (χ4n) is 2.37. The maximum absolute atomic E-state index is 11.9. The van der Waals surface area contributed by atoms with Crippen molar-refractivity contribution in [3.05, 3.63) is 72.1 Å². The summed E-state index contributed by atoms with van der Waals surface area (Å²) in [6, 6.07) is 13.3. The largest absolute Gasteiger partial charge is 0.351 e. The lowest BCUT2D eigenvalue weighted by molar-refractivity contribution is -0.116. The molecule has 0 fully saturated rings. The van der Waals surface area contributed by atoms with E-state index < -0.39 is 0 Å². The Kier molecular flexibility index (Phi) is 4.49. The number of amides is 1. The van der Waals surface area contributed by atoms with Gasteiger partial charge in [0.15, 0.2) is 0 Å². The summed E-state index contributed by atoms with van der Waals surface area (Å²) in [5, 5.41) is 3.80. The van der Waals surface area contributed by atoms with Gasteiger partial charge in [-0.3, -0.25) is 4.79 Å². The Labute approximate surface area is 134 Å². The molecule has 3 rings (SSSR count). The minimum atomic E-state index is -0.217. The first-order valence-corrected chi connectivity index (χ1v) is 7.42. The van der Waals surface area contributed by atoms with E-state index in [1.54, 1.807) is 12.3 Å². The number of rotatable bonds is 5. The highest BCUT2D eigenvalue weighted by molar-refractivity contribution is 5.95. The molecule has 1 aromatic carbocycles.